The fraction of sp³-hybridized carbons (Fsp3) is 0.533. The van der Waals surface area contributed by atoms with Crippen molar-refractivity contribution in [3.05, 3.63) is 35.4 Å². The number of benzene rings is 1. The van der Waals surface area contributed by atoms with Gasteiger partial charge in [0.25, 0.3) is 0 Å². The van der Waals surface area contributed by atoms with Crippen LogP contribution >= 0.6 is 0 Å². The van der Waals surface area contributed by atoms with Crippen LogP contribution in [-0.2, 0) is 10.3 Å². The first-order valence-electron chi connectivity index (χ1n) is 6.79. The van der Waals surface area contributed by atoms with Gasteiger partial charge in [0.2, 0.25) is 5.91 Å². The molecule has 0 saturated carbocycles. The number of rotatable bonds is 4. The largest absolute Gasteiger partial charge is 0.347 e. The van der Waals surface area contributed by atoms with E-state index >= 15 is 0 Å². The Morgan fingerprint density at radius 3 is 2.50 bits per heavy atom. The summed E-state index contributed by atoms with van der Waals surface area (Å²) in [6.45, 7) is 7.15. The average Bonchev–Trinajstić information content (AvgIpc) is 2.29. The zero-order valence-corrected chi connectivity index (χ0v) is 12.0. The van der Waals surface area contributed by atoms with Crippen LogP contribution in [0.25, 0.3) is 0 Å². The molecule has 3 nitrogen and oxygen atoms in total. The molecule has 0 aromatic heterocycles. The molecule has 1 amide bonds. The van der Waals surface area contributed by atoms with E-state index in [0.29, 0.717) is 11.5 Å². The number of hydrogen-bond acceptors (Lipinski definition) is 2. The van der Waals surface area contributed by atoms with Crippen LogP contribution in [0.3, 0.4) is 0 Å². The van der Waals surface area contributed by atoms with Gasteiger partial charge in [0.15, 0.2) is 11.6 Å². The molecule has 2 N–H and O–H groups in total. The van der Waals surface area contributed by atoms with Crippen LogP contribution < -0.4 is 10.6 Å². The van der Waals surface area contributed by atoms with Crippen LogP contribution in [0.4, 0.5) is 8.78 Å². The summed E-state index contributed by atoms with van der Waals surface area (Å²) in [5.74, 6) is -1.60. The van der Waals surface area contributed by atoms with Gasteiger partial charge in [-0.3, -0.25) is 4.79 Å². The fourth-order valence-corrected chi connectivity index (χ4v) is 2.26. The van der Waals surface area contributed by atoms with E-state index in [-0.39, 0.29) is 11.8 Å². The summed E-state index contributed by atoms with van der Waals surface area (Å²) in [5, 5.41) is 6.05. The first-order valence-corrected chi connectivity index (χ1v) is 6.79. The predicted octanol–water partition coefficient (Wildman–Crippen LogP) is 2.17. The predicted molar refractivity (Wildman–Crippen MR) is 73.1 cm³/mol. The highest BCUT2D eigenvalue weighted by Gasteiger charge is 2.32. The van der Waals surface area contributed by atoms with Gasteiger partial charge in [0.1, 0.15) is 0 Å². The van der Waals surface area contributed by atoms with Crippen molar-refractivity contribution in [3.63, 3.8) is 0 Å². The molecular weight excluding hydrogens is 262 g/mol. The molecule has 5 heteroatoms. The molecule has 1 aromatic rings. The standard InChI is InChI=1S/C15H20F2N2O/c1-9(10-7-18-8-10)14(20)19-15(2,3)11-4-5-12(16)13(17)6-11/h4-6,9-10,18H,7-8H2,1-3H3,(H,19,20). The number of nitrogens with one attached hydrogen (secondary N) is 2. The van der Waals surface area contributed by atoms with E-state index in [9.17, 15) is 13.6 Å². The van der Waals surface area contributed by atoms with E-state index in [2.05, 4.69) is 10.6 Å². The molecule has 2 rings (SSSR count). The lowest BCUT2D eigenvalue weighted by molar-refractivity contribution is -0.128. The van der Waals surface area contributed by atoms with E-state index < -0.39 is 17.2 Å². The Morgan fingerprint density at radius 2 is 2.00 bits per heavy atom. The Morgan fingerprint density at radius 1 is 1.35 bits per heavy atom. The van der Waals surface area contributed by atoms with E-state index in [1.54, 1.807) is 13.8 Å². The summed E-state index contributed by atoms with van der Waals surface area (Å²) in [6, 6.07) is 3.71. The molecule has 1 aliphatic rings. The molecule has 1 aliphatic heterocycles. The summed E-state index contributed by atoms with van der Waals surface area (Å²) in [5.41, 5.74) is -0.194. The lowest BCUT2D eigenvalue weighted by Crippen LogP contribution is -2.52. The number of hydrogen-bond donors (Lipinski definition) is 2. The van der Waals surface area contributed by atoms with Gasteiger partial charge < -0.3 is 10.6 Å². The maximum atomic E-state index is 13.3. The SMILES string of the molecule is CC(C(=O)NC(C)(C)c1ccc(F)c(F)c1)C1CNC1. The zero-order valence-electron chi connectivity index (χ0n) is 12.0. The quantitative estimate of drug-likeness (QED) is 0.888. The Bertz CT molecular complexity index is 513. The molecule has 0 aliphatic carbocycles. The minimum Gasteiger partial charge on any atom is -0.347 e. The Hall–Kier alpha value is -1.49. The smallest absolute Gasteiger partial charge is 0.223 e. The van der Waals surface area contributed by atoms with Gasteiger partial charge in [-0.1, -0.05) is 13.0 Å². The second-order valence-corrected chi connectivity index (χ2v) is 5.95. The summed E-state index contributed by atoms with van der Waals surface area (Å²) in [6.07, 6.45) is 0. The van der Waals surface area contributed by atoms with Crippen molar-refractivity contribution in [2.45, 2.75) is 26.3 Å². The molecule has 1 unspecified atom stereocenters. The van der Waals surface area contributed by atoms with Gasteiger partial charge in [-0.25, -0.2) is 8.78 Å². The van der Waals surface area contributed by atoms with E-state index in [0.717, 1.165) is 25.2 Å². The van der Waals surface area contributed by atoms with E-state index in [1.807, 2.05) is 6.92 Å². The highest BCUT2D eigenvalue weighted by atomic mass is 19.2. The molecule has 0 spiro atoms. The lowest BCUT2D eigenvalue weighted by atomic mass is 9.86. The highest BCUT2D eigenvalue weighted by molar-refractivity contribution is 5.79. The molecule has 1 saturated heterocycles. The highest BCUT2D eigenvalue weighted by Crippen LogP contribution is 2.24. The average molecular weight is 282 g/mol. The van der Waals surface area contributed by atoms with Gasteiger partial charge in [0, 0.05) is 5.92 Å². The van der Waals surface area contributed by atoms with Crippen molar-refractivity contribution in [2.24, 2.45) is 11.8 Å². The number of carbonyl (C=O) groups is 1. The third-order valence-corrected chi connectivity index (χ3v) is 4.01. The Kier molecular flexibility index (Phi) is 4.09. The molecule has 20 heavy (non-hydrogen) atoms. The van der Waals surface area contributed by atoms with Crippen LogP contribution in [0, 0.1) is 23.5 Å². The molecule has 0 radical (unpaired) electrons. The Labute approximate surface area is 117 Å². The second-order valence-electron chi connectivity index (χ2n) is 5.95. The lowest BCUT2D eigenvalue weighted by Gasteiger charge is -2.35. The number of carbonyl (C=O) groups excluding carboxylic acids is 1. The van der Waals surface area contributed by atoms with Crippen molar-refractivity contribution in [1.82, 2.24) is 10.6 Å². The van der Waals surface area contributed by atoms with Crippen LogP contribution in [0.2, 0.25) is 0 Å². The zero-order chi connectivity index (χ0) is 14.9. The molecule has 1 aromatic carbocycles. The third kappa shape index (κ3) is 2.98. The van der Waals surface area contributed by atoms with Crippen molar-refractivity contribution < 1.29 is 13.6 Å². The summed E-state index contributed by atoms with van der Waals surface area (Å²) >= 11 is 0. The first kappa shape index (κ1) is 14.9. The van der Waals surface area contributed by atoms with E-state index in [1.165, 1.54) is 6.07 Å². The van der Waals surface area contributed by atoms with Crippen LogP contribution in [-0.4, -0.2) is 19.0 Å². The minimum atomic E-state index is -0.902. The summed E-state index contributed by atoms with van der Waals surface area (Å²) in [7, 11) is 0. The second kappa shape index (κ2) is 5.48. The monoisotopic (exact) mass is 282 g/mol. The van der Waals surface area contributed by atoms with Crippen molar-refractivity contribution in [2.75, 3.05) is 13.1 Å². The van der Waals surface area contributed by atoms with Crippen molar-refractivity contribution in [3.8, 4) is 0 Å². The minimum absolute atomic E-state index is 0.0637. The summed E-state index contributed by atoms with van der Waals surface area (Å²) < 4.78 is 26.3. The topological polar surface area (TPSA) is 41.1 Å². The van der Waals surface area contributed by atoms with Gasteiger partial charge in [-0.2, -0.15) is 0 Å². The van der Waals surface area contributed by atoms with Crippen LogP contribution in [0.15, 0.2) is 18.2 Å². The molecule has 1 atom stereocenters. The van der Waals surface area contributed by atoms with Crippen molar-refractivity contribution in [1.29, 1.82) is 0 Å². The molecule has 110 valence electrons. The van der Waals surface area contributed by atoms with Crippen molar-refractivity contribution >= 4 is 5.91 Å². The molecule has 0 bridgehead atoms. The Balaban J connectivity index is 2.09. The van der Waals surface area contributed by atoms with Crippen LogP contribution in [0.5, 0.6) is 0 Å². The number of amides is 1. The molecular formula is C15H20F2N2O. The number of halogens is 2. The van der Waals surface area contributed by atoms with Crippen LogP contribution in [0.1, 0.15) is 26.3 Å². The van der Waals surface area contributed by atoms with Gasteiger partial charge in [-0.15, -0.1) is 0 Å². The fourth-order valence-electron chi connectivity index (χ4n) is 2.26. The molecule has 1 heterocycles. The summed E-state index contributed by atoms with van der Waals surface area (Å²) in [4.78, 5) is 12.2. The third-order valence-electron chi connectivity index (χ3n) is 4.01. The normalized spacial score (nSPS) is 17.4. The van der Waals surface area contributed by atoms with Gasteiger partial charge in [0.05, 0.1) is 5.54 Å². The van der Waals surface area contributed by atoms with Gasteiger partial charge >= 0.3 is 0 Å². The maximum absolute atomic E-state index is 13.3. The molecule has 1 fully saturated rings. The maximum Gasteiger partial charge on any atom is 0.223 e. The van der Waals surface area contributed by atoms with Gasteiger partial charge in [-0.05, 0) is 50.6 Å². The van der Waals surface area contributed by atoms with E-state index in [4.69, 9.17) is 0 Å². The first-order chi connectivity index (χ1) is 9.31.